The molecule has 6 heteroatoms. The second-order valence-corrected chi connectivity index (χ2v) is 4.21. The van der Waals surface area contributed by atoms with Crippen molar-refractivity contribution in [2.45, 2.75) is 6.54 Å². The Morgan fingerprint density at radius 3 is 2.52 bits per heavy atom. The number of anilines is 1. The molecule has 2 rings (SSSR count). The van der Waals surface area contributed by atoms with Crippen molar-refractivity contribution < 1.29 is 14.0 Å². The quantitative estimate of drug-likeness (QED) is 0.816. The van der Waals surface area contributed by atoms with Gasteiger partial charge in [0, 0.05) is 5.69 Å². The van der Waals surface area contributed by atoms with Crippen LogP contribution >= 0.6 is 0 Å². The smallest absolute Gasteiger partial charge is 0.251 e. The molecule has 6 nitrogen and oxygen atoms in total. The highest BCUT2D eigenvalue weighted by Gasteiger charge is 2.26. The van der Waals surface area contributed by atoms with Gasteiger partial charge in [0.1, 0.15) is 5.76 Å². The maximum atomic E-state index is 11.9. The molecule has 0 unspecified atom stereocenters. The van der Waals surface area contributed by atoms with Crippen LogP contribution in [-0.2, 0) is 16.1 Å². The van der Waals surface area contributed by atoms with Crippen LogP contribution in [0.1, 0.15) is 5.76 Å². The van der Waals surface area contributed by atoms with Gasteiger partial charge in [-0.05, 0) is 24.3 Å². The number of nitriles is 1. The second kappa shape index (κ2) is 6.91. The molecule has 2 N–H and O–H groups in total. The van der Waals surface area contributed by atoms with Crippen LogP contribution in [0.4, 0.5) is 5.69 Å². The molecule has 0 saturated carbocycles. The normalized spacial score (nSPS) is 11.2. The van der Waals surface area contributed by atoms with Crippen LogP contribution in [0.25, 0.3) is 0 Å². The predicted octanol–water partition coefficient (Wildman–Crippen LogP) is 1.67. The first-order valence-corrected chi connectivity index (χ1v) is 6.26. The van der Waals surface area contributed by atoms with E-state index in [1.165, 1.54) is 6.26 Å². The molecule has 2 amide bonds. The van der Waals surface area contributed by atoms with Gasteiger partial charge < -0.3 is 15.1 Å². The van der Waals surface area contributed by atoms with Crippen LogP contribution in [0.15, 0.2) is 53.1 Å². The van der Waals surface area contributed by atoms with E-state index in [1.54, 1.807) is 48.5 Å². The monoisotopic (exact) mass is 283 g/mol. The molecule has 0 aliphatic rings. The van der Waals surface area contributed by atoms with Gasteiger partial charge in [0.25, 0.3) is 5.91 Å². The molecule has 106 valence electrons. The largest absolute Gasteiger partial charge is 0.467 e. The number of carbonyl (C=O) groups is 2. The van der Waals surface area contributed by atoms with Crippen molar-refractivity contribution in [1.82, 2.24) is 5.32 Å². The van der Waals surface area contributed by atoms with E-state index in [0.717, 1.165) is 0 Å². The Morgan fingerprint density at radius 1 is 1.14 bits per heavy atom. The van der Waals surface area contributed by atoms with Crippen LogP contribution in [0.2, 0.25) is 0 Å². The summed E-state index contributed by atoms with van der Waals surface area (Å²) >= 11 is 0. The summed E-state index contributed by atoms with van der Waals surface area (Å²) < 4.78 is 5.06. The number of para-hydroxylation sites is 1. The molecule has 1 aromatic carbocycles. The van der Waals surface area contributed by atoms with Crippen LogP contribution in [0.5, 0.6) is 0 Å². The Bertz CT molecular complexity index is 645. The molecule has 1 aromatic heterocycles. The number of carbonyl (C=O) groups excluding carboxylic acids is 2. The number of nitrogens with one attached hydrogen (secondary N) is 2. The number of furan rings is 1. The summed E-state index contributed by atoms with van der Waals surface area (Å²) in [6.45, 7) is 0.128. The van der Waals surface area contributed by atoms with E-state index in [9.17, 15) is 9.59 Å². The highest BCUT2D eigenvalue weighted by Crippen LogP contribution is 2.08. The van der Waals surface area contributed by atoms with Gasteiger partial charge in [-0.25, -0.2) is 0 Å². The van der Waals surface area contributed by atoms with E-state index >= 15 is 0 Å². The van der Waals surface area contributed by atoms with Crippen LogP contribution in [0.3, 0.4) is 0 Å². The SMILES string of the molecule is N#C[C@H](C(=O)NCc1ccco1)C(=O)Nc1ccccc1. The van der Waals surface area contributed by atoms with Crippen LogP contribution < -0.4 is 10.6 Å². The fourth-order valence-corrected chi connectivity index (χ4v) is 1.66. The summed E-state index contributed by atoms with van der Waals surface area (Å²) in [5, 5.41) is 14.0. The van der Waals surface area contributed by atoms with Gasteiger partial charge in [-0.15, -0.1) is 0 Å². The standard InChI is InChI=1S/C15H13N3O3/c16-9-13(14(19)17-10-12-7-4-8-21-12)15(20)18-11-5-2-1-3-6-11/h1-8,13H,10H2,(H,17,19)(H,18,20)/t13-/m1/s1. The van der Waals surface area contributed by atoms with Crippen LogP contribution in [-0.4, -0.2) is 11.8 Å². The second-order valence-electron chi connectivity index (χ2n) is 4.21. The molecule has 1 atom stereocenters. The Hall–Kier alpha value is -3.07. The zero-order valence-electron chi connectivity index (χ0n) is 11.1. The van der Waals surface area contributed by atoms with Gasteiger partial charge in [0.15, 0.2) is 0 Å². The summed E-state index contributed by atoms with van der Waals surface area (Å²) in [7, 11) is 0. The maximum Gasteiger partial charge on any atom is 0.251 e. The van der Waals surface area contributed by atoms with E-state index in [4.69, 9.17) is 9.68 Å². The van der Waals surface area contributed by atoms with Crippen molar-refractivity contribution >= 4 is 17.5 Å². The van der Waals surface area contributed by atoms with Gasteiger partial charge >= 0.3 is 0 Å². The van der Waals surface area contributed by atoms with Crippen molar-refractivity contribution in [1.29, 1.82) is 5.26 Å². The van der Waals surface area contributed by atoms with Crippen molar-refractivity contribution in [3.8, 4) is 6.07 Å². The molecule has 0 bridgehead atoms. The minimum atomic E-state index is -1.42. The molecule has 1 heterocycles. The van der Waals surface area contributed by atoms with Gasteiger partial charge in [0.05, 0.1) is 18.9 Å². The van der Waals surface area contributed by atoms with E-state index in [0.29, 0.717) is 11.4 Å². The summed E-state index contributed by atoms with van der Waals surface area (Å²) in [6.07, 6.45) is 1.48. The Labute approximate surface area is 121 Å². The third kappa shape index (κ3) is 3.94. The molecule has 0 fully saturated rings. The van der Waals surface area contributed by atoms with E-state index in [1.807, 2.05) is 0 Å². The lowest BCUT2D eigenvalue weighted by molar-refractivity contribution is -0.130. The number of nitrogens with zero attached hydrogens (tertiary/aromatic N) is 1. The number of hydrogen-bond acceptors (Lipinski definition) is 4. The topological polar surface area (TPSA) is 95.1 Å². The molecule has 2 aromatic rings. The molecular weight excluding hydrogens is 270 g/mol. The zero-order valence-corrected chi connectivity index (χ0v) is 11.1. The van der Waals surface area contributed by atoms with Crippen molar-refractivity contribution in [3.63, 3.8) is 0 Å². The average Bonchev–Trinajstić information content (AvgIpc) is 3.00. The van der Waals surface area contributed by atoms with E-state index in [-0.39, 0.29) is 6.54 Å². The highest BCUT2D eigenvalue weighted by atomic mass is 16.3. The molecule has 0 aliphatic heterocycles. The molecule has 0 spiro atoms. The Kier molecular flexibility index (Phi) is 4.72. The van der Waals surface area contributed by atoms with Gasteiger partial charge in [0.2, 0.25) is 11.8 Å². The summed E-state index contributed by atoms with van der Waals surface area (Å²) in [5.41, 5.74) is 0.529. The number of rotatable bonds is 5. The lowest BCUT2D eigenvalue weighted by atomic mass is 10.1. The van der Waals surface area contributed by atoms with Crippen LogP contribution in [0, 0.1) is 17.2 Å². The molecular formula is C15H13N3O3. The molecule has 21 heavy (non-hydrogen) atoms. The molecule has 0 radical (unpaired) electrons. The van der Waals surface area contributed by atoms with Gasteiger partial charge in [-0.2, -0.15) is 5.26 Å². The number of benzene rings is 1. The fourth-order valence-electron chi connectivity index (χ4n) is 1.66. The van der Waals surface area contributed by atoms with Crippen molar-refractivity contribution in [3.05, 3.63) is 54.5 Å². The summed E-state index contributed by atoms with van der Waals surface area (Å²) in [6, 6.07) is 13.7. The average molecular weight is 283 g/mol. The van der Waals surface area contributed by atoms with Gasteiger partial charge in [-0.3, -0.25) is 9.59 Å². The fraction of sp³-hybridized carbons (Fsp3) is 0.133. The lowest BCUT2D eigenvalue weighted by Crippen LogP contribution is -2.37. The van der Waals surface area contributed by atoms with Crippen molar-refractivity contribution in [2.75, 3.05) is 5.32 Å². The zero-order chi connectivity index (χ0) is 15.1. The van der Waals surface area contributed by atoms with Crippen molar-refractivity contribution in [2.24, 2.45) is 5.92 Å². The Morgan fingerprint density at radius 2 is 1.90 bits per heavy atom. The predicted molar refractivity (Wildman–Crippen MR) is 74.7 cm³/mol. The van der Waals surface area contributed by atoms with Gasteiger partial charge in [-0.1, -0.05) is 18.2 Å². The minimum absolute atomic E-state index is 0.128. The first-order chi connectivity index (χ1) is 10.2. The third-order valence-corrected chi connectivity index (χ3v) is 2.71. The minimum Gasteiger partial charge on any atom is -0.467 e. The summed E-state index contributed by atoms with van der Waals surface area (Å²) in [5.74, 6) is -2.20. The maximum absolute atomic E-state index is 11.9. The van der Waals surface area contributed by atoms with E-state index < -0.39 is 17.7 Å². The third-order valence-electron chi connectivity index (χ3n) is 2.71. The van der Waals surface area contributed by atoms with E-state index in [2.05, 4.69) is 10.6 Å². The first-order valence-electron chi connectivity index (χ1n) is 6.26. The number of hydrogen-bond donors (Lipinski definition) is 2. The number of amides is 2. The first kappa shape index (κ1) is 14.3. The molecule has 0 aliphatic carbocycles. The molecule has 0 saturated heterocycles. The Balaban J connectivity index is 1.93. The lowest BCUT2D eigenvalue weighted by Gasteiger charge is -2.10. The summed E-state index contributed by atoms with van der Waals surface area (Å²) in [4.78, 5) is 23.8. The highest BCUT2D eigenvalue weighted by molar-refractivity contribution is 6.08.